The van der Waals surface area contributed by atoms with E-state index in [1.807, 2.05) is 42.5 Å². The van der Waals surface area contributed by atoms with Gasteiger partial charge in [0.25, 0.3) is 11.1 Å². The van der Waals surface area contributed by atoms with Gasteiger partial charge in [-0.25, -0.2) is 0 Å². The van der Waals surface area contributed by atoms with Gasteiger partial charge >= 0.3 is 0 Å². The SMILES string of the molecule is O=C1S/C(=C/c2ccc(Sc3ccccc3)o2)C(=O)N1CC1CCCCC1. The molecule has 0 spiro atoms. The molecule has 6 heteroatoms. The molecular weight excluding hydrogens is 378 g/mol. The summed E-state index contributed by atoms with van der Waals surface area (Å²) < 4.78 is 5.81. The van der Waals surface area contributed by atoms with Crippen LogP contribution in [0.5, 0.6) is 0 Å². The first-order chi connectivity index (χ1) is 13.2. The highest BCUT2D eigenvalue weighted by atomic mass is 32.2. The van der Waals surface area contributed by atoms with E-state index >= 15 is 0 Å². The molecule has 1 aromatic carbocycles. The van der Waals surface area contributed by atoms with Crippen LogP contribution in [0.1, 0.15) is 37.9 Å². The van der Waals surface area contributed by atoms with E-state index in [-0.39, 0.29) is 11.1 Å². The molecular formula is C21H21NO3S2. The third-order valence-electron chi connectivity index (χ3n) is 4.88. The summed E-state index contributed by atoms with van der Waals surface area (Å²) in [5.74, 6) is 0.852. The van der Waals surface area contributed by atoms with Crippen LogP contribution in [0.2, 0.25) is 0 Å². The number of benzene rings is 1. The molecule has 0 N–H and O–H groups in total. The fraction of sp³-hybridized carbons (Fsp3) is 0.333. The van der Waals surface area contributed by atoms with Gasteiger partial charge in [0, 0.05) is 17.5 Å². The summed E-state index contributed by atoms with van der Waals surface area (Å²) in [5.41, 5.74) is 0. The molecule has 0 atom stereocenters. The molecule has 1 saturated carbocycles. The van der Waals surface area contributed by atoms with Crippen LogP contribution < -0.4 is 0 Å². The summed E-state index contributed by atoms with van der Waals surface area (Å²) in [7, 11) is 0. The third kappa shape index (κ3) is 4.50. The normalized spacial score (nSPS) is 20.0. The molecule has 2 heterocycles. The van der Waals surface area contributed by atoms with Crippen molar-refractivity contribution in [2.75, 3.05) is 6.54 Å². The van der Waals surface area contributed by atoms with Crippen molar-refractivity contribution in [2.45, 2.75) is 42.1 Å². The Kier molecular flexibility index (Phi) is 5.74. The zero-order valence-corrected chi connectivity index (χ0v) is 16.6. The first-order valence-electron chi connectivity index (χ1n) is 9.27. The van der Waals surface area contributed by atoms with Crippen LogP contribution in [0.15, 0.2) is 61.8 Å². The lowest BCUT2D eigenvalue weighted by molar-refractivity contribution is -0.123. The number of amides is 2. The van der Waals surface area contributed by atoms with E-state index in [1.165, 1.54) is 35.9 Å². The molecule has 0 unspecified atom stereocenters. The molecule has 1 aromatic heterocycles. The average Bonchev–Trinajstić information content (AvgIpc) is 3.23. The monoisotopic (exact) mass is 399 g/mol. The van der Waals surface area contributed by atoms with E-state index in [0.717, 1.165) is 34.6 Å². The Bertz CT molecular complexity index is 853. The van der Waals surface area contributed by atoms with Crippen molar-refractivity contribution in [3.05, 3.63) is 53.1 Å². The van der Waals surface area contributed by atoms with Gasteiger partial charge < -0.3 is 4.42 Å². The second kappa shape index (κ2) is 8.40. The first-order valence-corrected chi connectivity index (χ1v) is 10.9. The molecule has 4 rings (SSSR count). The van der Waals surface area contributed by atoms with Gasteiger partial charge in [0.05, 0.1) is 4.91 Å². The minimum atomic E-state index is -0.191. The molecule has 27 heavy (non-hydrogen) atoms. The molecule has 1 saturated heterocycles. The topological polar surface area (TPSA) is 50.5 Å². The number of hydrogen-bond donors (Lipinski definition) is 0. The number of nitrogens with zero attached hydrogens (tertiary/aromatic N) is 1. The molecule has 2 amide bonds. The molecule has 0 bridgehead atoms. The maximum Gasteiger partial charge on any atom is 0.293 e. The predicted molar refractivity (Wildman–Crippen MR) is 109 cm³/mol. The number of rotatable bonds is 5. The van der Waals surface area contributed by atoms with Crippen molar-refractivity contribution >= 4 is 40.7 Å². The van der Waals surface area contributed by atoms with E-state index in [2.05, 4.69) is 0 Å². The van der Waals surface area contributed by atoms with Crippen LogP contribution in [-0.2, 0) is 4.79 Å². The van der Waals surface area contributed by atoms with Gasteiger partial charge in [0.2, 0.25) is 0 Å². The Balaban J connectivity index is 1.43. The van der Waals surface area contributed by atoms with E-state index in [9.17, 15) is 9.59 Å². The lowest BCUT2D eigenvalue weighted by Crippen LogP contribution is -2.34. The Morgan fingerprint density at radius 2 is 1.85 bits per heavy atom. The zero-order valence-electron chi connectivity index (χ0n) is 14.9. The highest BCUT2D eigenvalue weighted by molar-refractivity contribution is 8.18. The Morgan fingerprint density at radius 3 is 2.63 bits per heavy atom. The van der Waals surface area contributed by atoms with Crippen molar-refractivity contribution in [2.24, 2.45) is 5.92 Å². The molecule has 4 nitrogen and oxygen atoms in total. The predicted octanol–water partition coefficient (Wildman–Crippen LogP) is 6.05. The summed E-state index contributed by atoms with van der Waals surface area (Å²) in [4.78, 5) is 27.9. The highest BCUT2D eigenvalue weighted by Gasteiger charge is 2.36. The Hall–Kier alpha value is -1.92. The van der Waals surface area contributed by atoms with Crippen LogP contribution in [0.4, 0.5) is 4.79 Å². The van der Waals surface area contributed by atoms with Crippen LogP contribution in [0.3, 0.4) is 0 Å². The smallest absolute Gasteiger partial charge is 0.293 e. The van der Waals surface area contributed by atoms with Crippen LogP contribution >= 0.6 is 23.5 Å². The van der Waals surface area contributed by atoms with Gasteiger partial charge in [-0.05, 0) is 54.8 Å². The van der Waals surface area contributed by atoms with Crippen molar-refractivity contribution < 1.29 is 14.0 Å². The average molecular weight is 400 g/mol. The molecule has 2 aliphatic rings. The maximum atomic E-state index is 12.7. The van der Waals surface area contributed by atoms with Crippen molar-refractivity contribution in [3.8, 4) is 0 Å². The van der Waals surface area contributed by atoms with Gasteiger partial charge in [-0.2, -0.15) is 0 Å². The standard InChI is InChI=1S/C21H21NO3S2/c23-20-18(27-21(24)22(20)14-15-7-3-1-4-8-15)13-16-11-12-19(25-16)26-17-9-5-2-6-10-17/h2,5-6,9-13,15H,1,3-4,7-8,14H2/b18-13+. The minimum Gasteiger partial charge on any atom is -0.450 e. The summed E-state index contributed by atoms with van der Waals surface area (Å²) >= 11 is 2.54. The Labute approximate surface area is 167 Å². The van der Waals surface area contributed by atoms with Crippen molar-refractivity contribution in [1.82, 2.24) is 4.90 Å². The first kappa shape index (κ1) is 18.4. The van der Waals surface area contributed by atoms with E-state index < -0.39 is 0 Å². The summed E-state index contributed by atoms with van der Waals surface area (Å²) in [6.45, 7) is 0.551. The van der Waals surface area contributed by atoms with Gasteiger partial charge in [-0.3, -0.25) is 14.5 Å². The molecule has 1 aliphatic heterocycles. The van der Waals surface area contributed by atoms with Gasteiger partial charge in [0.1, 0.15) is 5.76 Å². The fourth-order valence-corrected chi connectivity index (χ4v) is 5.11. The number of furan rings is 1. The number of hydrogen-bond acceptors (Lipinski definition) is 5. The molecule has 0 radical (unpaired) electrons. The second-order valence-electron chi connectivity index (χ2n) is 6.87. The highest BCUT2D eigenvalue weighted by Crippen LogP contribution is 2.36. The Morgan fingerprint density at radius 1 is 1.07 bits per heavy atom. The van der Waals surface area contributed by atoms with E-state index in [4.69, 9.17) is 4.42 Å². The van der Waals surface area contributed by atoms with E-state index in [0.29, 0.717) is 23.1 Å². The molecule has 140 valence electrons. The number of imide groups is 1. The largest absolute Gasteiger partial charge is 0.450 e. The van der Waals surface area contributed by atoms with Crippen molar-refractivity contribution in [1.29, 1.82) is 0 Å². The maximum absolute atomic E-state index is 12.7. The lowest BCUT2D eigenvalue weighted by Gasteiger charge is -2.25. The van der Waals surface area contributed by atoms with E-state index in [1.54, 1.807) is 6.08 Å². The van der Waals surface area contributed by atoms with Gasteiger partial charge in [-0.15, -0.1) is 0 Å². The van der Waals surface area contributed by atoms with Crippen molar-refractivity contribution in [3.63, 3.8) is 0 Å². The second-order valence-corrected chi connectivity index (χ2v) is 8.94. The quantitative estimate of drug-likeness (QED) is 0.573. The summed E-state index contributed by atoms with van der Waals surface area (Å²) in [6, 6.07) is 13.7. The lowest BCUT2D eigenvalue weighted by atomic mass is 9.89. The van der Waals surface area contributed by atoms with Crippen LogP contribution in [0, 0.1) is 5.92 Å². The van der Waals surface area contributed by atoms with Gasteiger partial charge in [0.15, 0.2) is 5.09 Å². The van der Waals surface area contributed by atoms with Gasteiger partial charge in [-0.1, -0.05) is 49.2 Å². The minimum absolute atomic E-state index is 0.165. The number of carbonyl (C=O) groups is 2. The summed E-state index contributed by atoms with van der Waals surface area (Å²) in [5, 5.41) is 0.594. The number of thioether (sulfide) groups is 1. The fourth-order valence-electron chi connectivity index (χ4n) is 3.49. The molecule has 1 aliphatic carbocycles. The molecule has 2 fully saturated rings. The molecule has 2 aromatic rings. The van der Waals surface area contributed by atoms with Crippen LogP contribution in [0.25, 0.3) is 6.08 Å². The third-order valence-corrected chi connectivity index (χ3v) is 6.71. The summed E-state index contributed by atoms with van der Waals surface area (Å²) in [6.07, 6.45) is 7.56. The zero-order chi connectivity index (χ0) is 18.6. The number of carbonyl (C=O) groups excluding carboxylic acids is 2. The van der Waals surface area contributed by atoms with Crippen LogP contribution in [-0.4, -0.2) is 22.6 Å².